The summed E-state index contributed by atoms with van der Waals surface area (Å²) in [5.41, 5.74) is 23.0. The normalized spacial score (nSPS) is 14.0. The van der Waals surface area contributed by atoms with Gasteiger partial charge in [-0.2, -0.15) is 13.2 Å². The lowest BCUT2D eigenvalue weighted by molar-refractivity contribution is -0.137. The molecule has 0 radical (unpaired) electrons. The third kappa shape index (κ3) is 7.38. The number of rotatable bonds is 8. The van der Waals surface area contributed by atoms with Crippen LogP contribution in [-0.4, -0.2) is 7.05 Å². The fourth-order valence-electron chi connectivity index (χ4n) is 10.7. The number of benzene rings is 8. The van der Waals surface area contributed by atoms with E-state index in [1.807, 2.05) is 11.9 Å². The first-order valence-corrected chi connectivity index (χ1v) is 23.1. The number of fused-ring (bicyclic) bond motifs is 6. The third-order valence-corrected chi connectivity index (χ3v) is 14.5. The predicted octanol–water partition coefficient (Wildman–Crippen LogP) is 17.6. The Labute approximate surface area is 393 Å². The first-order valence-electron chi connectivity index (χ1n) is 23.1. The molecule has 0 saturated carbocycles. The number of halogens is 3. The smallest absolute Gasteiger partial charge is 0.345 e. The Kier molecular flexibility index (Phi) is 10.3. The van der Waals surface area contributed by atoms with Crippen molar-refractivity contribution in [3.05, 3.63) is 213 Å². The lowest BCUT2D eigenvalue weighted by Crippen LogP contribution is -2.19. The van der Waals surface area contributed by atoms with Crippen LogP contribution in [0.15, 0.2) is 158 Å². The van der Waals surface area contributed by atoms with E-state index in [2.05, 4.69) is 206 Å². The van der Waals surface area contributed by atoms with Crippen LogP contribution in [0.1, 0.15) is 83.3 Å². The second-order valence-corrected chi connectivity index (χ2v) is 19.9. The Morgan fingerprint density at radius 1 is 0.358 bits per heavy atom. The molecule has 336 valence electrons. The molecule has 3 nitrogen and oxygen atoms in total. The van der Waals surface area contributed by atoms with Gasteiger partial charge in [0.25, 0.3) is 0 Å². The lowest BCUT2D eigenvalue weighted by Gasteiger charge is -2.31. The van der Waals surface area contributed by atoms with Crippen LogP contribution >= 0.6 is 0 Å². The Bertz CT molecular complexity index is 3250. The summed E-state index contributed by atoms with van der Waals surface area (Å²) < 4.78 is 40.2. The molecule has 0 saturated heterocycles. The van der Waals surface area contributed by atoms with Gasteiger partial charge in [-0.15, -0.1) is 0 Å². The summed E-state index contributed by atoms with van der Waals surface area (Å²) in [6, 6.07) is 54.9. The minimum atomic E-state index is -4.38. The zero-order valence-electron chi connectivity index (χ0n) is 40.0. The van der Waals surface area contributed by atoms with Crippen LogP contribution in [0.3, 0.4) is 0 Å². The van der Waals surface area contributed by atoms with Crippen molar-refractivity contribution in [2.24, 2.45) is 0 Å². The molecule has 0 unspecified atom stereocenters. The van der Waals surface area contributed by atoms with Crippen molar-refractivity contribution in [1.82, 2.24) is 0 Å². The maximum Gasteiger partial charge on any atom is 0.416 e. The van der Waals surface area contributed by atoms with E-state index >= 15 is 0 Å². The molecule has 0 heterocycles. The molecule has 0 aliphatic heterocycles. The van der Waals surface area contributed by atoms with E-state index < -0.39 is 11.7 Å². The van der Waals surface area contributed by atoms with Crippen LogP contribution in [0.5, 0.6) is 0 Å². The molecule has 0 atom stereocenters. The van der Waals surface area contributed by atoms with Gasteiger partial charge in [0.05, 0.1) is 5.56 Å². The summed E-state index contributed by atoms with van der Waals surface area (Å²) in [6.07, 6.45) is -4.38. The van der Waals surface area contributed by atoms with Crippen molar-refractivity contribution in [2.75, 3.05) is 21.7 Å². The molecule has 2 aliphatic rings. The summed E-state index contributed by atoms with van der Waals surface area (Å²) in [5, 5.41) is 0. The van der Waals surface area contributed by atoms with Crippen molar-refractivity contribution < 1.29 is 13.2 Å². The molecule has 0 amide bonds. The topological polar surface area (TPSA) is 9.72 Å². The molecule has 6 heteroatoms. The highest BCUT2D eigenvalue weighted by atomic mass is 19.4. The monoisotopic (exact) mass is 887 g/mol. The molecule has 8 aromatic carbocycles. The molecule has 0 bridgehead atoms. The van der Waals surface area contributed by atoms with Crippen LogP contribution in [-0.2, 0) is 17.0 Å². The van der Waals surface area contributed by atoms with Gasteiger partial charge in [0.15, 0.2) is 0 Å². The third-order valence-electron chi connectivity index (χ3n) is 14.5. The van der Waals surface area contributed by atoms with Gasteiger partial charge in [0.2, 0.25) is 0 Å². The molecular weight excluding hydrogens is 832 g/mol. The maximum atomic E-state index is 13.4. The maximum absolute atomic E-state index is 13.4. The molecule has 8 aromatic rings. The molecule has 0 aromatic heterocycles. The van der Waals surface area contributed by atoms with Gasteiger partial charge >= 0.3 is 6.18 Å². The van der Waals surface area contributed by atoms with Gasteiger partial charge in [0.1, 0.15) is 0 Å². The number of anilines is 8. The minimum Gasteiger partial charge on any atom is -0.345 e. The van der Waals surface area contributed by atoms with Gasteiger partial charge in [-0.1, -0.05) is 105 Å². The van der Waals surface area contributed by atoms with Gasteiger partial charge < -0.3 is 14.7 Å². The first kappa shape index (κ1) is 43.8. The lowest BCUT2D eigenvalue weighted by atomic mass is 9.81. The number of hydrogen-bond acceptors (Lipinski definition) is 3. The Balaban J connectivity index is 1.04. The Morgan fingerprint density at radius 3 is 1.07 bits per heavy atom. The van der Waals surface area contributed by atoms with Crippen LogP contribution in [0.4, 0.5) is 58.7 Å². The second-order valence-electron chi connectivity index (χ2n) is 19.9. The molecule has 2 aliphatic carbocycles. The zero-order valence-corrected chi connectivity index (χ0v) is 40.0. The van der Waals surface area contributed by atoms with Crippen molar-refractivity contribution in [1.29, 1.82) is 0 Å². The second kappa shape index (κ2) is 15.8. The summed E-state index contributed by atoms with van der Waals surface area (Å²) >= 11 is 0. The number of alkyl halides is 3. The van der Waals surface area contributed by atoms with E-state index in [-0.39, 0.29) is 10.8 Å². The van der Waals surface area contributed by atoms with Crippen molar-refractivity contribution in [3.63, 3.8) is 0 Å². The van der Waals surface area contributed by atoms with Crippen LogP contribution < -0.4 is 14.7 Å². The average Bonchev–Trinajstić information content (AvgIpc) is 3.66. The zero-order chi connectivity index (χ0) is 47.3. The highest BCUT2D eigenvalue weighted by Crippen LogP contribution is 2.55. The van der Waals surface area contributed by atoms with E-state index in [0.29, 0.717) is 5.69 Å². The largest absolute Gasteiger partial charge is 0.416 e. The van der Waals surface area contributed by atoms with Gasteiger partial charge in [-0.05, 0) is 187 Å². The summed E-state index contributed by atoms with van der Waals surface area (Å²) in [5.74, 6) is 0. The molecular formula is C61H56F3N3. The van der Waals surface area contributed by atoms with E-state index in [1.54, 1.807) is 0 Å². The van der Waals surface area contributed by atoms with E-state index in [1.165, 1.54) is 90.1 Å². The number of nitrogens with zero attached hydrogens (tertiary/aromatic N) is 3. The summed E-state index contributed by atoms with van der Waals surface area (Å²) in [6.45, 7) is 20.1. The van der Waals surface area contributed by atoms with Crippen molar-refractivity contribution in [2.45, 2.75) is 79.3 Å². The van der Waals surface area contributed by atoms with Crippen molar-refractivity contribution in [3.8, 4) is 22.3 Å². The summed E-state index contributed by atoms with van der Waals surface area (Å²) in [7, 11) is 1.90. The van der Waals surface area contributed by atoms with Gasteiger partial charge in [-0.3, -0.25) is 0 Å². The average molecular weight is 888 g/mol. The van der Waals surface area contributed by atoms with Crippen molar-refractivity contribution >= 4 is 45.5 Å². The fraction of sp³-hybridized carbons (Fsp3) is 0.213. The highest BCUT2D eigenvalue weighted by Gasteiger charge is 2.39. The SMILES string of the molecule is Cc1ccc(N(c2ccc3c(c2)C(C)(C)c2cc(N(c4ccc5c(c4)C(C)(C)c4cc(N(C)c6ccc(C(F)(F)F)cc6)ccc4-5)c4ccc(C)cc4C)ccc2-3)c2ccc(C)cc2C)cc1. The molecule has 0 N–H and O–H groups in total. The molecule has 0 fully saturated rings. The number of aryl methyl sites for hydroxylation is 5. The first-order chi connectivity index (χ1) is 31.8. The molecule has 10 rings (SSSR count). The molecule has 67 heavy (non-hydrogen) atoms. The van der Waals surface area contributed by atoms with Gasteiger partial charge in [-0.25, -0.2) is 0 Å². The Morgan fingerprint density at radius 2 is 0.687 bits per heavy atom. The van der Waals surface area contributed by atoms with Gasteiger partial charge in [0, 0.05) is 63.4 Å². The highest BCUT2D eigenvalue weighted by molar-refractivity contribution is 5.91. The van der Waals surface area contributed by atoms with Crippen LogP contribution in [0.2, 0.25) is 0 Å². The summed E-state index contributed by atoms with van der Waals surface area (Å²) in [4.78, 5) is 6.77. The quantitative estimate of drug-likeness (QED) is 0.151. The predicted molar refractivity (Wildman–Crippen MR) is 274 cm³/mol. The van der Waals surface area contributed by atoms with E-state index in [9.17, 15) is 13.2 Å². The standard InChI is InChI=1S/C61H56F3N3/c1-37-11-17-44(18-12-37)66(57-29-13-38(2)31-40(57)4)46-22-26-51-52-28-24-48(36-56(52)60(8,9)54(51)34-46)67(58-30-14-39(3)32-41(58)5)47-23-27-50-49-25-21-45(33-53(49)59(6,7)55(50)35-47)65(10)43-19-15-42(16-20-43)61(62,63)64/h11-36H,1-10H3. The fourth-order valence-corrected chi connectivity index (χ4v) is 10.7. The van der Waals surface area contributed by atoms with E-state index in [0.717, 1.165) is 46.3 Å². The van der Waals surface area contributed by atoms with Crippen LogP contribution in [0.25, 0.3) is 22.3 Å². The number of hydrogen-bond donors (Lipinski definition) is 0. The minimum absolute atomic E-state index is 0.293. The Hall–Kier alpha value is -7.05. The van der Waals surface area contributed by atoms with Crippen LogP contribution in [0, 0.1) is 34.6 Å². The molecule has 0 spiro atoms. The van der Waals surface area contributed by atoms with E-state index in [4.69, 9.17) is 0 Å².